The number of Topliss-reactive ketones (excluding diaryl/α,β-unsaturated/α-hetero) is 1. The van der Waals surface area contributed by atoms with Crippen LogP contribution in [-0.4, -0.2) is 38.3 Å². The number of hydrogen-bond donors (Lipinski definition) is 2. The molecule has 0 spiro atoms. The second kappa shape index (κ2) is 6.68. The number of H-pyrrole nitrogens is 2. The minimum Gasteiger partial charge on any atom is -0.356 e. The standard InChI is InChI=1S/C21H24N4O2/c1-12(2)10-19-20-15(14-6-4-5-7-16(14)22-20)8-9-25(19)21(27)18-11-17(13(3)26)23-24-18/h4-7,11-12,19,22H,8-10H2,1-3H3,(H,23,24)/t19-/m1/s1. The molecule has 0 radical (unpaired) electrons. The smallest absolute Gasteiger partial charge is 0.272 e. The fourth-order valence-electron chi connectivity index (χ4n) is 4.02. The highest BCUT2D eigenvalue weighted by atomic mass is 16.2. The molecule has 6 nitrogen and oxygen atoms in total. The van der Waals surface area contributed by atoms with Gasteiger partial charge in [-0.25, -0.2) is 0 Å². The van der Waals surface area contributed by atoms with Gasteiger partial charge in [0.05, 0.1) is 6.04 Å². The molecule has 1 aliphatic rings. The number of fused-ring (bicyclic) bond motifs is 3. The quantitative estimate of drug-likeness (QED) is 0.689. The Kier molecular flexibility index (Phi) is 4.34. The Labute approximate surface area is 158 Å². The molecule has 0 unspecified atom stereocenters. The molecule has 2 aromatic heterocycles. The van der Waals surface area contributed by atoms with E-state index in [0.717, 1.165) is 24.1 Å². The molecule has 0 aliphatic carbocycles. The fraction of sp³-hybridized carbons (Fsp3) is 0.381. The van der Waals surface area contributed by atoms with E-state index >= 15 is 0 Å². The van der Waals surface area contributed by atoms with E-state index < -0.39 is 0 Å². The van der Waals surface area contributed by atoms with Crippen molar-refractivity contribution in [2.75, 3.05) is 6.54 Å². The second-order valence-electron chi connectivity index (χ2n) is 7.68. The number of carbonyl (C=O) groups is 2. The molecule has 27 heavy (non-hydrogen) atoms. The van der Waals surface area contributed by atoms with E-state index in [4.69, 9.17) is 0 Å². The van der Waals surface area contributed by atoms with Gasteiger partial charge in [0, 0.05) is 30.1 Å². The molecule has 0 fully saturated rings. The zero-order valence-corrected chi connectivity index (χ0v) is 15.9. The van der Waals surface area contributed by atoms with Crippen LogP contribution in [0, 0.1) is 5.92 Å². The number of nitrogens with zero attached hydrogens (tertiary/aromatic N) is 2. The molecule has 1 atom stereocenters. The molecule has 0 saturated heterocycles. The number of aromatic nitrogens is 3. The van der Waals surface area contributed by atoms with Gasteiger partial charge in [0.1, 0.15) is 11.4 Å². The first-order chi connectivity index (χ1) is 13.0. The molecule has 6 heteroatoms. The summed E-state index contributed by atoms with van der Waals surface area (Å²) >= 11 is 0. The zero-order chi connectivity index (χ0) is 19.1. The van der Waals surface area contributed by atoms with Gasteiger partial charge in [0.25, 0.3) is 5.91 Å². The maximum atomic E-state index is 13.2. The average Bonchev–Trinajstić information content (AvgIpc) is 3.26. The normalized spacial score (nSPS) is 16.7. The van der Waals surface area contributed by atoms with E-state index in [-0.39, 0.29) is 17.7 Å². The van der Waals surface area contributed by atoms with Crippen LogP contribution >= 0.6 is 0 Å². The summed E-state index contributed by atoms with van der Waals surface area (Å²) in [5.74, 6) is 0.183. The summed E-state index contributed by atoms with van der Waals surface area (Å²) in [4.78, 5) is 30.2. The number of amides is 1. The van der Waals surface area contributed by atoms with E-state index in [2.05, 4.69) is 47.2 Å². The summed E-state index contributed by atoms with van der Waals surface area (Å²) in [6, 6.07) is 9.84. The van der Waals surface area contributed by atoms with Crippen molar-refractivity contribution in [2.45, 2.75) is 39.7 Å². The van der Waals surface area contributed by atoms with Gasteiger partial charge in [0.2, 0.25) is 0 Å². The van der Waals surface area contributed by atoms with E-state index in [9.17, 15) is 9.59 Å². The minimum atomic E-state index is -0.152. The summed E-state index contributed by atoms with van der Waals surface area (Å²) in [6.07, 6.45) is 1.69. The van der Waals surface area contributed by atoms with Crippen molar-refractivity contribution < 1.29 is 9.59 Å². The van der Waals surface area contributed by atoms with Crippen molar-refractivity contribution in [3.8, 4) is 0 Å². The van der Waals surface area contributed by atoms with Gasteiger partial charge in [-0.05, 0) is 36.5 Å². The molecule has 140 valence electrons. The van der Waals surface area contributed by atoms with Crippen molar-refractivity contribution in [3.05, 3.63) is 53.0 Å². The van der Waals surface area contributed by atoms with Crippen molar-refractivity contribution in [1.29, 1.82) is 0 Å². The number of benzene rings is 1. The minimum absolute atomic E-state index is 0.0160. The Morgan fingerprint density at radius 1 is 1.30 bits per heavy atom. The lowest BCUT2D eigenvalue weighted by Crippen LogP contribution is -2.40. The summed E-state index contributed by atoms with van der Waals surface area (Å²) < 4.78 is 0. The number of para-hydroxylation sites is 1. The summed E-state index contributed by atoms with van der Waals surface area (Å²) in [7, 11) is 0. The third-order valence-corrected chi connectivity index (χ3v) is 5.28. The highest BCUT2D eigenvalue weighted by Gasteiger charge is 2.34. The van der Waals surface area contributed by atoms with Crippen molar-refractivity contribution >= 4 is 22.6 Å². The largest absolute Gasteiger partial charge is 0.356 e. The molecule has 0 saturated carbocycles. The monoisotopic (exact) mass is 364 g/mol. The maximum Gasteiger partial charge on any atom is 0.272 e. The molecule has 2 N–H and O–H groups in total. The van der Waals surface area contributed by atoms with Crippen molar-refractivity contribution in [2.24, 2.45) is 5.92 Å². The van der Waals surface area contributed by atoms with Gasteiger partial charge < -0.3 is 9.88 Å². The highest BCUT2D eigenvalue weighted by molar-refractivity contribution is 5.98. The third kappa shape index (κ3) is 3.05. The summed E-state index contributed by atoms with van der Waals surface area (Å²) in [5, 5.41) is 7.95. The number of nitrogens with one attached hydrogen (secondary N) is 2. The number of aromatic amines is 2. The first-order valence-electron chi connectivity index (χ1n) is 9.42. The zero-order valence-electron chi connectivity index (χ0n) is 15.9. The van der Waals surface area contributed by atoms with Crippen LogP contribution in [0.1, 0.15) is 65.5 Å². The van der Waals surface area contributed by atoms with Crippen molar-refractivity contribution in [1.82, 2.24) is 20.1 Å². The van der Waals surface area contributed by atoms with Crippen LogP contribution in [0.15, 0.2) is 30.3 Å². The average molecular weight is 364 g/mol. The third-order valence-electron chi connectivity index (χ3n) is 5.28. The van der Waals surface area contributed by atoms with Gasteiger partial charge in [-0.15, -0.1) is 0 Å². The lowest BCUT2D eigenvalue weighted by molar-refractivity contribution is 0.0626. The van der Waals surface area contributed by atoms with Gasteiger partial charge in [-0.2, -0.15) is 5.10 Å². The Balaban J connectivity index is 1.73. The summed E-state index contributed by atoms with van der Waals surface area (Å²) in [6.45, 7) is 6.44. The van der Waals surface area contributed by atoms with Gasteiger partial charge in [-0.1, -0.05) is 32.0 Å². The first-order valence-corrected chi connectivity index (χ1v) is 9.42. The molecule has 3 heterocycles. The molecule has 1 aliphatic heterocycles. The van der Waals surface area contributed by atoms with E-state index in [1.54, 1.807) is 6.07 Å². The molecule has 1 amide bonds. The molecule has 0 bridgehead atoms. The number of hydrogen-bond acceptors (Lipinski definition) is 3. The van der Waals surface area contributed by atoms with Crippen LogP contribution in [0.2, 0.25) is 0 Å². The van der Waals surface area contributed by atoms with E-state index in [1.807, 2.05) is 11.0 Å². The SMILES string of the molecule is CC(=O)c1cc(C(=O)N2CCc3c([nH]c4ccccc34)[C@H]2CC(C)C)[nH]n1. The van der Waals surface area contributed by atoms with Gasteiger partial charge in [0.15, 0.2) is 5.78 Å². The van der Waals surface area contributed by atoms with Crippen LogP contribution in [0.3, 0.4) is 0 Å². The molecule has 4 rings (SSSR count). The predicted octanol–water partition coefficient (Wildman–Crippen LogP) is 3.88. The Bertz CT molecular complexity index is 1010. The second-order valence-corrected chi connectivity index (χ2v) is 7.68. The van der Waals surface area contributed by atoms with Gasteiger partial charge in [-0.3, -0.25) is 14.7 Å². The molecular formula is C21H24N4O2. The summed E-state index contributed by atoms with van der Waals surface area (Å²) in [5.41, 5.74) is 4.23. The maximum absolute atomic E-state index is 13.2. The Hall–Kier alpha value is -2.89. The van der Waals surface area contributed by atoms with E-state index in [0.29, 0.717) is 23.9 Å². The Morgan fingerprint density at radius 3 is 2.78 bits per heavy atom. The van der Waals surface area contributed by atoms with Crippen LogP contribution in [-0.2, 0) is 6.42 Å². The Morgan fingerprint density at radius 2 is 2.07 bits per heavy atom. The fourth-order valence-corrected chi connectivity index (χ4v) is 4.02. The van der Waals surface area contributed by atoms with Gasteiger partial charge >= 0.3 is 0 Å². The molecule has 1 aromatic carbocycles. The molecule has 3 aromatic rings. The van der Waals surface area contributed by atoms with Crippen molar-refractivity contribution in [3.63, 3.8) is 0 Å². The van der Waals surface area contributed by atoms with Crippen LogP contribution in [0.25, 0.3) is 10.9 Å². The van der Waals surface area contributed by atoms with Crippen LogP contribution in [0.5, 0.6) is 0 Å². The van der Waals surface area contributed by atoms with Crippen LogP contribution in [0.4, 0.5) is 0 Å². The predicted molar refractivity (Wildman–Crippen MR) is 104 cm³/mol. The van der Waals surface area contributed by atoms with E-state index in [1.165, 1.54) is 17.9 Å². The molecular weight excluding hydrogens is 340 g/mol. The topological polar surface area (TPSA) is 81.9 Å². The number of carbonyl (C=O) groups excluding carboxylic acids is 2. The first kappa shape index (κ1) is 17.5. The lowest BCUT2D eigenvalue weighted by Gasteiger charge is -2.36. The number of ketones is 1. The number of rotatable bonds is 4. The van der Waals surface area contributed by atoms with Crippen LogP contribution < -0.4 is 0 Å². The highest BCUT2D eigenvalue weighted by Crippen LogP contribution is 2.38. The lowest BCUT2D eigenvalue weighted by atomic mass is 9.91.